The van der Waals surface area contributed by atoms with Crippen LogP contribution in [0.4, 0.5) is 5.69 Å². The van der Waals surface area contributed by atoms with Gasteiger partial charge in [0, 0.05) is 24.1 Å². The van der Waals surface area contributed by atoms with Gasteiger partial charge in [0.05, 0.1) is 31.4 Å². The van der Waals surface area contributed by atoms with Crippen molar-refractivity contribution in [3.8, 4) is 11.5 Å². The van der Waals surface area contributed by atoms with Crippen molar-refractivity contribution in [3.05, 3.63) is 88.8 Å². The minimum atomic E-state index is -0.856. The standard InChI is InChI=1S/C26H24N2O5/c1-15-12-16(2)25(33-4)20(13-15)23(29)21-22(17-8-10-27-11-9-17)28(26(31)24(21)30)18-6-5-7-19(14-18)32-3/h5-14,22,29H,1-4H3/b23-21+. The summed E-state index contributed by atoms with van der Waals surface area (Å²) in [7, 11) is 3.03. The number of carbonyl (C=O) groups is 2. The fourth-order valence-electron chi connectivity index (χ4n) is 4.27. The summed E-state index contributed by atoms with van der Waals surface area (Å²) in [5, 5.41) is 11.4. The summed E-state index contributed by atoms with van der Waals surface area (Å²) in [4.78, 5) is 32.0. The molecule has 7 heteroatoms. The third kappa shape index (κ3) is 3.82. The fourth-order valence-corrected chi connectivity index (χ4v) is 4.27. The third-order valence-electron chi connectivity index (χ3n) is 5.68. The third-order valence-corrected chi connectivity index (χ3v) is 5.68. The Kier molecular flexibility index (Phi) is 5.87. The van der Waals surface area contributed by atoms with E-state index in [9.17, 15) is 14.7 Å². The van der Waals surface area contributed by atoms with Gasteiger partial charge in [-0.15, -0.1) is 0 Å². The number of pyridine rings is 1. The maximum Gasteiger partial charge on any atom is 0.300 e. The highest BCUT2D eigenvalue weighted by Crippen LogP contribution is 2.44. The molecule has 1 amide bonds. The van der Waals surface area contributed by atoms with Crippen LogP contribution in [0.1, 0.15) is 28.3 Å². The predicted molar refractivity (Wildman–Crippen MR) is 124 cm³/mol. The largest absolute Gasteiger partial charge is 0.507 e. The van der Waals surface area contributed by atoms with Crippen LogP contribution in [0.25, 0.3) is 5.76 Å². The second-order valence-electron chi connectivity index (χ2n) is 7.81. The lowest BCUT2D eigenvalue weighted by Gasteiger charge is -2.25. The molecule has 1 N–H and O–H groups in total. The molecule has 1 aromatic heterocycles. The first-order valence-corrected chi connectivity index (χ1v) is 10.4. The number of hydrogen-bond acceptors (Lipinski definition) is 6. The number of aryl methyl sites for hydroxylation is 2. The van der Waals surface area contributed by atoms with Gasteiger partial charge in [-0.2, -0.15) is 0 Å². The van der Waals surface area contributed by atoms with Gasteiger partial charge >= 0.3 is 0 Å². The van der Waals surface area contributed by atoms with Crippen molar-refractivity contribution in [1.82, 2.24) is 4.98 Å². The average molecular weight is 444 g/mol. The molecule has 2 heterocycles. The number of amides is 1. The first kappa shape index (κ1) is 22.1. The summed E-state index contributed by atoms with van der Waals surface area (Å²) in [6.07, 6.45) is 3.16. The zero-order chi connectivity index (χ0) is 23.7. The van der Waals surface area contributed by atoms with Crippen molar-refractivity contribution >= 4 is 23.1 Å². The van der Waals surface area contributed by atoms with Gasteiger partial charge in [0.15, 0.2) is 0 Å². The Balaban J connectivity index is 2.00. The molecular weight excluding hydrogens is 420 g/mol. The molecular formula is C26H24N2O5. The van der Waals surface area contributed by atoms with Gasteiger partial charge in [0.1, 0.15) is 17.3 Å². The number of ether oxygens (including phenoxy) is 2. The van der Waals surface area contributed by atoms with Gasteiger partial charge in [-0.25, -0.2) is 0 Å². The van der Waals surface area contributed by atoms with Gasteiger partial charge in [0.2, 0.25) is 0 Å². The van der Waals surface area contributed by atoms with Crippen molar-refractivity contribution in [2.75, 3.05) is 19.1 Å². The molecule has 0 spiro atoms. The maximum atomic E-state index is 13.3. The van der Waals surface area contributed by atoms with E-state index >= 15 is 0 Å². The zero-order valence-corrected chi connectivity index (χ0v) is 18.8. The van der Waals surface area contributed by atoms with Gasteiger partial charge in [-0.3, -0.25) is 19.5 Å². The summed E-state index contributed by atoms with van der Waals surface area (Å²) < 4.78 is 10.8. The average Bonchev–Trinajstić information content (AvgIpc) is 3.09. The van der Waals surface area contributed by atoms with E-state index in [1.54, 1.807) is 54.9 Å². The molecule has 0 bridgehead atoms. The van der Waals surface area contributed by atoms with E-state index in [0.29, 0.717) is 28.3 Å². The van der Waals surface area contributed by atoms with Crippen LogP contribution in [-0.2, 0) is 9.59 Å². The van der Waals surface area contributed by atoms with E-state index in [2.05, 4.69) is 4.98 Å². The molecule has 1 aliphatic rings. The molecule has 2 aromatic carbocycles. The Labute approximate surface area is 191 Å². The number of aromatic nitrogens is 1. The summed E-state index contributed by atoms with van der Waals surface area (Å²) in [5.41, 5.74) is 3.15. The molecule has 3 aromatic rings. The Morgan fingerprint density at radius 3 is 2.39 bits per heavy atom. The van der Waals surface area contributed by atoms with Gasteiger partial charge in [0.25, 0.3) is 11.7 Å². The van der Waals surface area contributed by atoms with E-state index in [0.717, 1.165) is 11.1 Å². The summed E-state index contributed by atoms with van der Waals surface area (Å²) in [6, 6.07) is 13.1. The Hall–Kier alpha value is -4.13. The number of aliphatic hydroxyl groups excluding tert-OH is 1. The molecule has 1 fully saturated rings. The maximum absolute atomic E-state index is 13.3. The number of Topliss-reactive ketones (excluding diaryl/α,β-unsaturated/α-hetero) is 1. The van der Waals surface area contributed by atoms with E-state index in [1.165, 1.54) is 19.1 Å². The summed E-state index contributed by atoms with van der Waals surface area (Å²) in [5.74, 6) is -0.824. The number of rotatable bonds is 5. The Bertz CT molecular complexity index is 1270. The smallest absolute Gasteiger partial charge is 0.300 e. The van der Waals surface area contributed by atoms with Crippen LogP contribution in [0, 0.1) is 13.8 Å². The van der Waals surface area contributed by atoms with Crippen molar-refractivity contribution in [2.24, 2.45) is 0 Å². The highest BCUT2D eigenvalue weighted by Gasteiger charge is 2.47. The molecule has 1 aliphatic heterocycles. The molecule has 168 valence electrons. The van der Waals surface area contributed by atoms with Crippen molar-refractivity contribution in [2.45, 2.75) is 19.9 Å². The first-order valence-electron chi connectivity index (χ1n) is 10.4. The molecule has 1 atom stereocenters. The van der Waals surface area contributed by atoms with Crippen LogP contribution in [0.5, 0.6) is 11.5 Å². The highest BCUT2D eigenvalue weighted by atomic mass is 16.5. The number of carbonyl (C=O) groups excluding carboxylic acids is 2. The predicted octanol–water partition coefficient (Wildman–Crippen LogP) is 4.34. The summed E-state index contributed by atoms with van der Waals surface area (Å²) >= 11 is 0. The Morgan fingerprint density at radius 1 is 1.00 bits per heavy atom. The molecule has 1 saturated heterocycles. The monoisotopic (exact) mass is 444 g/mol. The Morgan fingerprint density at radius 2 is 1.73 bits per heavy atom. The molecule has 7 nitrogen and oxygen atoms in total. The van der Waals surface area contributed by atoms with Crippen LogP contribution in [0.15, 0.2) is 66.5 Å². The van der Waals surface area contributed by atoms with Gasteiger partial charge in [-0.05, 0) is 60.9 Å². The lowest BCUT2D eigenvalue weighted by molar-refractivity contribution is -0.132. The van der Waals surface area contributed by atoms with Crippen LogP contribution < -0.4 is 14.4 Å². The highest BCUT2D eigenvalue weighted by molar-refractivity contribution is 6.51. The van der Waals surface area contributed by atoms with Gasteiger partial charge in [-0.1, -0.05) is 12.1 Å². The first-order chi connectivity index (χ1) is 15.9. The second kappa shape index (κ2) is 8.78. The molecule has 0 radical (unpaired) electrons. The zero-order valence-electron chi connectivity index (χ0n) is 18.8. The van der Waals surface area contributed by atoms with Crippen LogP contribution in [0.3, 0.4) is 0 Å². The SMILES string of the molecule is COc1cccc(N2C(=O)C(=O)/C(=C(/O)c3cc(C)cc(C)c3OC)C2c2ccncc2)c1. The van der Waals surface area contributed by atoms with Crippen LogP contribution in [0.2, 0.25) is 0 Å². The van der Waals surface area contributed by atoms with Crippen molar-refractivity contribution < 1.29 is 24.2 Å². The molecule has 0 aliphatic carbocycles. The molecule has 0 saturated carbocycles. The second-order valence-corrected chi connectivity index (χ2v) is 7.81. The lowest BCUT2D eigenvalue weighted by atomic mass is 9.94. The quantitative estimate of drug-likeness (QED) is 0.358. The number of methoxy groups -OCH3 is 2. The van der Waals surface area contributed by atoms with E-state index in [1.807, 2.05) is 19.9 Å². The van der Waals surface area contributed by atoms with Crippen molar-refractivity contribution in [3.63, 3.8) is 0 Å². The molecule has 33 heavy (non-hydrogen) atoms. The minimum Gasteiger partial charge on any atom is -0.507 e. The fraction of sp³-hybridized carbons (Fsp3) is 0.192. The number of nitrogens with zero attached hydrogens (tertiary/aromatic N) is 2. The van der Waals surface area contributed by atoms with E-state index in [-0.39, 0.29) is 11.3 Å². The lowest BCUT2D eigenvalue weighted by Crippen LogP contribution is -2.29. The number of benzene rings is 2. The van der Waals surface area contributed by atoms with Crippen molar-refractivity contribution in [1.29, 1.82) is 0 Å². The topological polar surface area (TPSA) is 89.0 Å². The van der Waals surface area contributed by atoms with Crippen LogP contribution in [-0.4, -0.2) is 36.0 Å². The molecule has 4 rings (SSSR count). The van der Waals surface area contributed by atoms with Gasteiger partial charge < -0.3 is 14.6 Å². The van der Waals surface area contributed by atoms with E-state index < -0.39 is 17.7 Å². The number of anilines is 1. The summed E-state index contributed by atoms with van der Waals surface area (Å²) in [6.45, 7) is 3.75. The van der Waals surface area contributed by atoms with E-state index in [4.69, 9.17) is 9.47 Å². The van der Waals surface area contributed by atoms with Crippen LogP contribution >= 0.6 is 0 Å². The normalized spacial score (nSPS) is 17.3. The number of aliphatic hydroxyl groups is 1. The number of ketones is 1. The minimum absolute atomic E-state index is 0.0164. The number of hydrogen-bond donors (Lipinski definition) is 1. The molecule has 1 unspecified atom stereocenters.